The molecule has 1 fully saturated rings. The molecule has 0 amide bonds. The van der Waals surface area contributed by atoms with Gasteiger partial charge in [-0.25, -0.2) is 0 Å². The van der Waals surface area contributed by atoms with Crippen molar-refractivity contribution in [2.45, 2.75) is 99.2 Å². The third-order valence-electron chi connectivity index (χ3n) is 9.44. The van der Waals surface area contributed by atoms with Crippen molar-refractivity contribution < 1.29 is 0 Å². The van der Waals surface area contributed by atoms with Crippen molar-refractivity contribution in [3.8, 4) is 0 Å². The third-order valence-corrected chi connectivity index (χ3v) is 9.44. The van der Waals surface area contributed by atoms with Gasteiger partial charge in [0.2, 0.25) is 0 Å². The Labute approximate surface area is 302 Å². The van der Waals surface area contributed by atoms with Crippen LogP contribution in [0, 0.1) is 23.7 Å². The van der Waals surface area contributed by atoms with E-state index in [0.717, 1.165) is 97.2 Å². The fraction of sp³-hybridized carbons (Fsp3) is 0.619. The van der Waals surface area contributed by atoms with Crippen LogP contribution in [0.1, 0.15) is 81.1 Å². The van der Waals surface area contributed by atoms with Crippen LogP contribution in [0.4, 0.5) is 0 Å². The van der Waals surface area contributed by atoms with Gasteiger partial charge in [0.05, 0.1) is 24.7 Å². The molecule has 5 N–H and O–H groups in total. The molecule has 5 unspecified atom stereocenters. The van der Waals surface area contributed by atoms with Gasteiger partial charge in [0, 0.05) is 72.8 Å². The molecule has 0 spiro atoms. The van der Waals surface area contributed by atoms with Crippen LogP contribution in [-0.2, 0) is 0 Å². The van der Waals surface area contributed by atoms with Crippen LogP contribution in [-0.4, -0.2) is 74.2 Å². The number of rotatable bonds is 27. The van der Waals surface area contributed by atoms with E-state index in [0.29, 0.717) is 30.8 Å². The Bertz CT molecular complexity index is 1160. The second-order valence-electron chi connectivity index (χ2n) is 15.5. The van der Waals surface area contributed by atoms with Crippen LogP contribution in [0.25, 0.3) is 0 Å². The monoisotopic (exact) mass is 678 g/mol. The van der Waals surface area contributed by atoms with E-state index in [-0.39, 0.29) is 24.0 Å². The molecule has 0 radical (unpaired) electrons. The lowest BCUT2D eigenvalue weighted by Gasteiger charge is -2.34. The molecule has 49 heavy (non-hydrogen) atoms. The van der Waals surface area contributed by atoms with E-state index in [9.17, 15) is 0 Å². The zero-order valence-corrected chi connectivity index (χ0v) is 33.2. The number of likely N-dealkylation sites (N-methyl/N-ethyl adjacent to an activating group) is 1. The molecule has 0 bridgehead atoms. The molecule has 0 aromatic rings. The van der Waals surface area contributed by atoms with E-state index in [2.05, 4.69) is 145 Å². The van der Waals surface area contributed by atoms with E-state index in [1.807, 2.05) is 6.92 Å². The van der Waals surface area contributed by atoms with Gasteiger partial charge < -0.3 is 31.5 Å². The molecule has 7 nitrogen and oxygen atoms in total. The predicted molar refractivity (Wildman–Crippen MR) is 217 cm³/mol. The highest BCUT2D eigenvalue weighted by atomic mass is 15.2. The summed E-state index contributed by atoms with van der Waals surface area (Å²) < 4.78 is 0. The largest absolute Gasteiger partial charge is 0.386 e. The molecule has 1 saturated heterocycles. The highest BCUT2D eigenvalue weighted by Crippen LogP contribution is 2.27. The van der Waals surface area contributed by atoms with Gasteiger partial charge in [-0.05, 0) is 57.9 Å². The Morgan fingerprint density at radius 2 is 1.43 bits per heavy atom. The summed E-state index contributed by atoms with van der Waals surface area (Å²) in [6.45, 7) is 57.0. The predicted octanol–water partition coefficient (Wildman–Crippen LogP) is 7.67. The minimum Gasteiger partial charge on any atom is -0.386 e. The second kappa shape index (κ2) is 21.7. The van der Waals surface area contributed by atoms with E-state index in [1.54, 1.807) is 0 Å². The van der Waals surface area contributed by atoms with Crippen LogP contribution in [0.2, 0.25) is 0 Å². The number of hydrogen-bond donors (Lipinski definition) is 5. The maximum atomic E-state index is 4.49. The summed E-state index contributed by atoms with van der Waals surface area (Å²) in [5, 5.41) is 18.1. The van der Waals surface area contributed by atoms with E-state index in [1.165, 1.54) is 0 Å². The molecule has 278 valence electrons. The van der Waals surface area contributed by atoms with Crippen molar-refractivity contribution in [3.05, 3.63) is 98.0 Å². The first kappa shape index (κ1) is 43.7. The van der Waals surface area contributed by atoms with Crippen molar-refractivity contribution in [3.63, 3.8) is 0 Å². The second-order valence-corrected chi connectivity index (χ2v) is 15.5. The standard InChI is InChI=1S/C42H75N7/c1-18-32(10)42(38(16)43-23-29(4)5)47-36(14)40(22-28(2)3)46-33(11)24-44-35(13)39(31(8)9)25-45-37(15)41-20-19-21-49(41)34(12)27-48(17)26-30(6)7/h28,31-32,39-47H,4,6,11-16,18-27H2,1-3,5,7-10,17H3. The van der Waals surface area contributed by atoms with Gasteiger partial charge in [0.25, 0.3) is 0 Å². The summed E-state index contributed by atoms with van der Waals surface area (Å²) in [7, 11) is 2.12. The Morgan fingerprint density at radius 3 is 1.98 bits per heavy atom. The molecule has 0 aliphatic carbocycles. The summed E-state index contributed by atoms with van der Waals surface area (Å²) in [5.41, 5.74) is 8.25. The lowest BCUT2D eigenvalue weighted by Crippen LogP contribution is -2.46. The molecule has 1 aliphatic rings. The molecule has 0 aromatic carbocycles. The van der Waals surface area contributed by atoms with Crippen molar-refractivity contribution in [1.82, 2.24) is 36.4 Å². The average Bonchev–Trinajstić information content (AvgIpc) is 3.50. The van der Waals surface area contributed by atoms with Crippen LogP contribution in [0.5, 0.6) is 0 Å². The fourth-order valence-electron chi connectivity index (χ4n) is 6.44. The first-order chi connectivity index (χ1) is 22.9. The molecule has 5 atom stereocenters. The zero-order valence-electron chi connectivity index (χ0n) is 33.2. The minimum absolute atomic E-state index is 0.0265. The number of hydrogen-bond acceptors (Lipinski definition) is 7. The highest BCUT2D eigenvalue weighted by Gasteiger charge is 2.29. The summed E-state index contributed by atoms with van der Waals surface area (Å²) in [4.78, 5) is 4.69. The summed E-state index contributed by atoms with van der Waals surface area (Å²) in [6.07, 6.45) is 4.19. The maximum absolute atomic E-state index is 4.49. The Morgan fingerprint density at radius 1 is 0.796 bits per heavy atom. The molecule has 7 heteroatoms. The number of nitrogens with one attached hydrogen (secondary N) is 5. The first-order valence-electron chi connectivity index (χ1n) is 18.5. The van der Waals surface area contributed by atoms with Crippen molar-refractivity contribution in [1.29, 1.82) is 0 Å². The van der Waals surface area contributed by atoms with Crippen LogP contribution < -0.4 is 26.6 Å². The smallest absolute Gasteiger partial charge is 0.0680 e. The zero-order chi connectivity index (χ0) is 37.4. The van der Waals surface area contributed by atoms with Gasteiger partial charge >= 0.3 is 0 Å². The summed E-state index contributed by atoms with van der Waals surface area (Å²) in [5.74, 6) is 1.49. The van der Waals surface area contributed by atoms with Crippen LogP contribution >= 0.6 is 0 Å². The summed E-state index contributed by atoms with van der Waals surface area (Å²) in [6, 6.07) is 0.340. The lowest BCUT2D eigenvalue weighted by molar-refractivity contribution is 0.287. The third kappa shape index (κ3) is 15.8. The quantitative estimate of drug-likeness (QED) is 0.0572. The Balaban J connectivity index is 2.82. The molecule has 1 aliphatic heterocycles. The number of likely N-dealkylation sites (tertiary alicyclic amines) is 1. The minimum atomic E-state index is 0.0265. The molecule has 1 heterocycles. The highest BCUT2D eigenvalue weighted by molar-refractivity contribution is 5.18. The molecular formula is C42H75N7. The van der Waals surface area contributed by atoms with E-state index < -0.39 is 0 Å². The normalized spacial score (nSPS) is 16.8. The maximum Gasteiger partial charge on any atom is 0.0680 e. The van der Waals surface area contributed by atoms with Crippen molar-refractivity contribution in [2.24, 2.45) is 23.7 Å². The first-order valence-corrected chi connectivity index (χ1v) is 18.5. The summed E-state index contributed by atoms with van der Waals surface area (Å²) >= 11 is 0. The Hall–Kier alpha value is -3.32. The lowest BCUT2D eigenvalue weighted by atomic mass is 9.92. The van der Waals surface area contributed by atoms with Gasteiger partial charge in [0.1, 0.15) is 0 Å². The SMILES string of the molecule is C=C(C)CNC(=C)C(NC(=C)C(CC(C)C)NC(=C)CNC(=C)C(CNC(=C)C1CCCN1C(=C)CN(C)CC(=C)C)C(C)C)C(C)CC. The molecule has 0 saturated carbocycles. The van der Waals surface area contributed by atoms with Gasteiger partial charge in [-0.2, -0.15) is 0 Å². The van der Waals surface area contributed by atoms with Crippen LogP contribution in [0.3, 0.4) is 0 Å². The van der Waals surface area contributed by atoms with E-state index >= 15 is 0 Å². The van der Waals surface area contributed by atoms with Crippen LogP contribution in [0.15, 0.2) is 98.0 Å². The molecule has 0 aromatic heterocycles. The van der Waals surface area contributed by atoms with Gasteiger partial charge in [0.15, 0.2) is 0 Å². The van der Waals surface area contributed by atoms with E-state index in [4.69, 9.17) is 0 Å². The van der Waals surface area contributed by atoms with Crippen molar-refractivity contribution >= 4 is 0 Å². The average molecular weight is 678 g/mol. The van der Waals surface area contributed by atoms with Gasteiger partial charge in [-0.1, -0.05) is 112 Å². The van der Waals surface area contributed by atoms with Gasteiger partial charge in [-0.3, -0.25) is 4.90 Å². The number of nitrogens with zero attached hydrogens (tertiary/aromatic N) is 2. The molecule has 1 rings (SSSR count). The van der Waals surface area contributed by atoms with Crippen molar-refractivity contribution in [2.75, 3.05) is 46.3 Å². The molecular weight excluding hydrogens is 603 g/mol. The Kier molecular flexibility index (Phi) is 19.4. The topological polar surface area (TPSA) is 66.6 Å². The fourth-order valence-corrected chi connectivity index (χ4v) is 6.44. The van der Waals surface area contributed by atoms with Gasteiger partial charge in [-0.15, -0.1) is 0 Å².